The fraction of sp³-hybridized carbons (Fsp3) is 0.167. The lowest BCUT2D eigenvalue weighted by Gasteiger charge is -2.06. The number of halogens is 1. The zero-order chi connectivity index (χ0) is 11.5. The second-order valence-corrected chi connectivity index (χ2v) is 4.38. The second kappa shape index (κ2) is 4.72. The summed E-state index contributed by atoms with van der Waals surface area (Å²) in [5.74, 6) is 0. The molecule has 0 saturated heterocycles. The van der Waals surface area contributed by atoms with E-state index in [1.807, 2.05) is 30.3 Å². The van der Waals surface area contributed by atoms with E-state index >= 15 is 0 Å². The summed E-state index contributed by atoms with van der Waals surface area (Å²) < 4.78 is 5.97. The molecule has 0 aliphatic rings. The van der Waals surface area contributed by atoms with Crippen LogP contribution in [0, 0.1) is 4.91 Å². The molecule has 0 saturated carbocycles. The number of benzene rings is 2. The van der Waals surface area contributed by atoms with Gasteiger partial charge in [-0.05, 0) is 22.7 Å². The van der Waals surface area contributed by atoms with E-state index in [-0.39, 0.29) is 0 Å². The number of nitrogens with zero attached hydrogens (tertiary/aromatic N) is 1. The van der Waals surface area contributed by atoms with Crippen molar-refractivity contribution in [3.63, 3.8) is 0 Å². The highest BCUT2D eigenvalue weighted by atomic mass is 79.9. The van der Waals surface area contributed by atoms with Gasteiger partial charge < -0.3 is 4.74 Å². The average Bonchev–Trinajstić information content (AvgIpc) is 2.29. The summed E-state index contributed by atoms with van der Waals surface area (Å²) in [6, 6.07) is 9.62. The van der Waals surface area contributed by atoms with Gasteiger partial charge in [0.15, 0.2) is 0 Å². The summed E-state index contributed by atoms with van der Waals surface area (Å²) in [5, 5.41) is 4.95. The van der Waals surface area contributed by atoms with Gasteiger partial charge in [-0.25, -0.2) is 0 Å². The summed E-state index contributed by atoms with van der Waals surface area (Å²) in [6.45, 7) is 0.392. The van der Waals surface area contributed by atoms with Gasteiger partial charge >= 0.3 is 0 Å². The molecule has 0 aliphatic heterocycles. The largest absolute Gasteiger partial charge is 0.380 e. The van der Waals surface area contributed by atoms with Gasteiger partial charge in [-0.2, -0.15) is 0 Å². The zero-order valence-corrected chi connectivity index (χ0v) is 10.3. The van der Waals surface area contributed by atoms with Crippen LogP contribution in [-0.4, -0.2) is 7.11 Å². The van der Waals surface area contributed by atoms with E-state index < -0.39 is 0 Å². The molecule has 0 bridgehead atoms. The Morgan fingerprint density at radius 2 is 2.06 bits per heavy atom. The van der Waals surface area contributed by atoms with Crippen molar-refractivity contribution in [1.82, 2.24) is 0 Å². The fourth-order valence-electron chi connectivity index (χ4n) is 1.70. The molecule has 0 fully saturated rings. The predicted octanol–water partition coefficient (Wildman–Crippen LogP) is 4.15. The van der Waals surface area contributed by atoms with Crippen molar-refractivity contribution in [1.29, 1.82) is 0 Å². The third-order valence-corrected chi connectivity index (χ3v) is 2.92. The molecule has 4 heteroatoms. The molecule has 0 heterocycles. The van der Waals surface area contributed by atoms with E-state index in [9.17, 15) is 4.91 Å². The number of hydrogen-bond donors (Lipinski definition) is 0. The fourth-order valence-corrected chi connectivity index (χ4v) is 2.06. The minimum absolute atomic E-state index is 0.392. The van der Waals surface area contributed by atoms with Crippen LogP contribution in [0.5, 0.6) is 0 Å². The molecule has 2 aromatic carbocycles. The lowest BCUT2D eigenvalue weighted by atomic mass is 10.0. The lowest BCUT2D eigenvalue weighted by Crippen LogP contribution is -1.89. The summed E-state index contributed by atoms with van der Waals surface area (Å²) >= 11 is 3.38. The van der Waals surface area contributed by atoms with Crippen molar-refractivity contribution in [3.05, 3.63) is 45.3 Å². The first-order chi connectivity index (χ1) is 7.76. The van der Waals surface area contributed by atoms with Crippen molar-refractivity contribution in [2.24, 2.45) is 5.18 Å². The standard InChI is InChI=1S/C12H10BrNO2/c1-16-7-9-3-2-8-4-5-10(13)6-11(8)12(9)14-15/h2-6H,7H2,1H3. The lowest BCUT2D eigenvalue weighted by molar-refractivity contribution is 0.185. The first kappa shape index (κ1) is 11.2. The van der Waals surface area contributed by atoms with E-state index in [0.717, 1.165) is 20.8 Å². The summed E-state index contributed by atoms with van der Waals surface area (Å²) in [5.41, 5.74) is 1.27. The van der Waals surface area contributed by atoms with Gasteiger partial charge in [0.05, 0.1) is 6.61 Å². The van der Waals surface area contributed by atoms with Crippen molar-refractivity contribution < 1.29 is 4.74 Å². The predicted molar refractivity (Wildman–Crippen MR) is 67.8 cm³/mol. The van der Waals surface area contributed by atoms with Crippen LogP contribution in [0.25, 0.3) is 10.8 Å². The maximum Gasteiger partial charge on any atom is 0.121 e. The van der Waals surface area contributed by atoms with Crippen LogP contribution in [0.2, 0.25) is 0 Å². The van der Waals surface area contributed by atoms with Crippen LogP contribution in [0.4, 0.5) is 5.69 Å². The van der Waals surface area contributed by atoms with Crippen LogP contribution in [0.15, 0.2) is 40.0 Å². The Balaban J connectivity index is 2.72. The maximum atomic E-state index is 10.9. The Bertz CT molecular complexity index is 540. The minimum Gasteiger partial charge on any atom is -0.380 e. The Morgan fingerprint density at radius 3 is 2.75 bits per heavy atom. The molecule has 0 spiro atoms. The van der Waals surface area contributed by atoms with Crippen LogP contribution in [0.3, 0.4) is 0 Å². The van der Waals surface area contributed by atoms with Crippen LogP contribution >= 0.6 is 15.9 Å². The van der Waals surface area contributed by atoms with E-state index in [1.54, 1.807) is 7.11 Å². The SMILES string of the molecule is COCc1ccc2ccc(Br)cc2c1N=O. The third-order valence-electron chi connectivity index (χ3n) is 2.43. The van der Waals surface area contributed by atoms with E-state index in [0.29, 0.717) is 12.3 Å². The molecule has 0 atom stereocenters. The van der Waals surface area contributed by atoms with E-state index in [1.165, 1.54) is 0 Å². The van der Waals surface area contributed by atoms with Crippen molar-refractivity contribution in [3.8, 4) is 0 Å². The highest BCUT2D eigenvalue weighted by Gasteiger charge is 2.08. The summed E-state index contributed by atoms with van der Waals surface area (Å²) in [7, 11) is 1.60. The Hall–Kier alpha value is -1.26. The van der Waals surface area contributed by atoms with Crippen LogP contribution in [0.1, 0.15) is 5.56 Å². The molecule has 16 heavy (non-hydrogen) atoms. The molecule has 0 aliphatic carbocycles. The molecule has 0 radical (unpaired) electrons. The van der Waals surface area contributed by atoms with Gasteiger partial charge in [-0.3, -0.25) is 0 Å². The smallest absolute Gasteiger partial charge is 0.121 e. The first-order valence-corrected chi connectivity index (χ1v) is 5.59. The summed E-state index contributed by atoms with van der Waals surface area (Å²) in [6.07, 6.45) is 0. The number of methoxy groups -OCH3 is 1. The topological polar surface area (TPSA) is 38.7 Å². The van der Waals surface area contributed by atoms with Crippen LogP contribution < -0.4 is 0 Å². The van der Waals surface area contributed by atoms with Crippen molar-refractivity contribution >= 4 is 32.4 Å². The molecule has 0 amide bonds. The molecule has 0 aromatic heterocycles. The van der Waals surface area contributed by atoms with Gasteiger partial charge in [0.2, 0.25) is 0 Å². The van der Waals surface area contributed by atoms with Gasteiger partial charge in [0, 0.05) is 22.5 Å². The monoisotopic (exact) mass is 279 g/mol. The van der Waals surface area contributed by atoms with Crippen molar-refractivity contribution in [2.45, 2.75) is 6.61 Å². The maximum absolute atomic E-state index is 10.9. The molecule has 0 N–H and O–H groups in total. The highest BCUT2D eigenvalue weighted by molar-refractivity contribution is 9.10. The van der Waals surface area contributed by atoms with Gasteiger partial charge in [-0.15, -0.1) is 4.91 Å². The normalized spacial score (nSPS) is 10.6. The Morgan fingerprint density at radius 1 is 1.31 bits per heavy atom. The molecule has 3 nitrogen and oxygen atoms in total. The number of fused-ring (bicyclic) bond motifs is 1. The molecule has 2 rings (SSSR count). The molecule has 2 aromatic rings. The molecule has 82 valence electrons. The second-order valence-electron chi connectivity index (χ2n) is 3.46. The van der Waals surface area contributed by atoms with E-state index in [2.05, 4.69) is 21.1 Å². The van der Waals surface area contributed by atoms with E-state index in [4.69, 9.17) is 4.74 Å². The minimum atomic E-state index is 0.392. The number of rotatable bonds is 3. The van der Waals surface area contributed by atoms with Crippen molar-refractivity contribution in [2.75, 3.05) is 7.11 Å². The summed E-state index contributed by atoms with van der Waals surface area (Å²) in [4.78, 5) is 10.9. The van der Waals surface area contributed by atoms with Crippen LogP contribution in [-0.2, 0) is 11.3 Å². The van der Waals surface area contributed by atoms with Gasteiger partial charge in [0.25, 0.3) is 0 Å². The third kappa shape index (κ3) is 1.99. The van der Waals surface area contributed by atoms with Gasteiger partial charge in [0.1, 0.15) is 5.69 Å². The number of ether oxygens (including phenoxy) is 1. The average molecular weight is 280 g/mol. The Labute approximate surface area is 102 Å². The number of nitroso groups, excluding NO2 is 1. The quantitative estimate of drug-likeness (QED) is 0.792. The molecule has 0 unspecified atom stereocenters. The number of hydrogen-bond acceptors (Lipinski definition) is 3. The van der Waals surface area contributed by atoms with Gasteiger partial charge in [-0.1, -0.05) is 34.1 Å². The molecular formula is C12H10BrNO2. The highest BCUT2D eigenvalue weighted by Crippen LogP contribution is 2.32. The first-order valence-electron chi connectivity index (χ1n) is 4.79. The zero-order valence-electron chi connectivity index (χ0n) is 8.74. The Kier molecular flexibility index (Phi) is 3.31. The molecular weight excluding hydrogens is 270 g/mol.